The van der Waals surface area contributed by atoms with Crippen molar-refractivity contribution in [1.29, 1.82) is 0 Å². The number of para-hydroxylation sites is 1. The lowest BCUT2D eigenvalue weighted by atomic mass is 10.2. The molecule has 5 heteroatoms. The van der Waals surface area contributed by atoms with Crippen LogP contribution in [-0.4, -0.2) is 23.6 Å². The van der Waals surface area contributed by atoms with Gasteiger partial charge in [0.2, 0.25) is 5.88 Å². The van der Waals surface area contributed by atoms with E-state index < -0.39 is 0 Å². The van der Waals surface area contributed by atoms with Crippen molar-refractivity contribution in [1.82, 2.24) is 4.98 Å². The number of aromatic nitrogens is 1. The molecular weight excluding hydrogens is 268 g/mol. The quantitative estimate of drug-likeness (QED) is 0.937. The summed E-state index contributed by atoms with van der Waals surface area (Å²) in [6.45, 7) is 0.650. The van der Waals surface area contributed by atoms with Crippen molar-refractivity contribution in [2.24, 2.45) is 0 Å². The fraction of sp³-hybridized carbons (Fsp3) is 0.250. The predicted octanol–water partition coefficient (Wildman–Crippen LogP) is 2.99. The lowest BCUT2D eigenvalue weighted by molar-refractivity contribution is -0.124. The Hall–Kier alpha value is -2.40. The van der Waals surface area contributed by atoms with Gasteiger partial charge in [0.25, 0.3) is 5.91 Å². The second kappa shape index (κ2) is 6.37. The first kappa shape index (κ1) is 13.6. The zero-order valence-electron chi connectivity index (χ0n) is 11.5. The monoisotopic (exact) mass is 284 g/mol. The minimum absolute atomic E-state index is 0.121. The molecule has 1 fully saturated rings. The highest BCUT2D eigenvalue weighted by Gasteiger charge is 2.23. The minimum Gasteiger partial charge on any atom is -0.439 e. The average Bonchev–Trinajstić information content (AvgIpc) is 3.03. The summed E-state index contributed by atoms with van der Waals surface area (Å²) in [5.74, 6) is 1.02. The topological polar surface area (TPSA) is 60.5 Å². The summed E-state index contributed by atoms with van der Waals surface area (Å²) in [5.41, 5.74) is 0.649. The van der Waals surface area contributed by atoms with E-state index in [2.05, 4.69) is 10.3 Å². The first-order valence-corrected chi connectivity index (χ1v) is 6.93. The van der Waals surface area contributed by atoms with Gasteiger partial charge in [0, 0.05) is 24.6 Å². The molecule has 1 saturated heterocycles. The first-order valence-electron chi connectivity index (χ1n) is 6.93. The van der Waals surface area contributed by atoms with E-state index >= 15 is 0 Å². The lowest BCUT2D eigenvalue weighted by Crippen LogP contribution is -2.26. The summed E-state index contributed by atoms with van der Waals surface area (Å²) >= 11 is 0. The highest BCUT2D eigenvalue weighted by molar-refractivity contribution is 5.94. The molecule has 5 nitrogen and oxygen atoms in total. The van der Waals surface area contributed by atoms with Crippen LogP contribution < -0.4 is 10.1 Å². The molecule has 0 saturated carbocycles. The minimum atomic E-state index is -0.350. The van der Waals surface area contributed by atoms with Crippen LogP contribution in [0.3, 0.4) is 0 Å². The molecule has 1 atom stereocenters. The molecule has 0 spiro atoms. The number of hydrogen-bond donors (Lipinski definition) is 1. The van der Waals surface area contributed by atoms with Gasteiger partial charge in [-0.05, 0) is 31.0 Å². The Morgan fingerprint density at radius 3 is 2.90 bits per heavy atom. The van der Waals surface area contributed by atoms with Gasteiger partial charge in [0.05, 0.1) is 0 Å². The molecule has 0 unspecified atom stereocenters. The third-order valence-electron chi connectivity index (χ3n) is 3.19. The van der Waals surface area contributed by atoms with E-state index in [1.165, 1.54) is 0 Å². The Balaban J connectivity index is 1.66. The summed E-state index contributed by atoms with van der Waals surface area (Å²) in [4.78, 5) is 16.1. The Bertz CT molecular complexity index is 610. The molecule has 1 aromatic heterocycles. The molecule has 3 rings (SSSR count). The molecule has 21 heavy (non-hydrogen) atoms. The molecule has 1 aliphatic rings. The number of amides is 1. The summed E-state index contributed by atoms with van der Waals surface area (Å²) < 4.78 is 11.0. The van der Waals surface area contributed by atoms with E-state index in [-0.39, 0.29) is 12.0 Å². The Labute approximate surface area is 122 Å². The normalized spacial score (nSPS) is 17.4. The molecular formula is C16H16N2O3. The van der Waals surface area contributed by atoms with E-state index in [0.717, 1.165) is 12.8 Å². The molecule has 0 bridgehead atoms. The number of pyridine rings is 1. The molecule has 1 N–H and O–H groups in total. The van der Waals surface area contributed by atoms with Gasteiger partial charge in [0.1, 0.15) is 11.9 Å². The second-order valence-corrected chi connectivity index (χ2v) is 4.79. The molecule has 1 amide bonds. The first-order chi connectivity index (χ1) is 10.3. The molecule has 0 aliphatic carbocycles. The van der Waals surface area contributed by atoms with Crippen molar-refractivity contribution in [3.63, 3.8) is 0 Å². The molecule has 0 radical (unpaired) electrons. The average molecular weight is 284 g/mol. The van der Waals surface area contributed by atoms with Gasteiger partial charge in [-0.25, -0.2) is 4.98 Å². The third-order valence-corrected chi connectivity index (χ3v) is 3.19. The summed E-state index contributed by atoms with van der Waals surface area (Å²) in [5, 5.41) is 2.83. The largest absolute Gasteiger partial charge is 0.439 e. The van der Waals surface area contributed by atoms with Gasteiger partial charge in [-0.1, -0.05) is 18.2 Å². The van der Waals surface area contributed by atoms with Crippen molar-refractivity contribution in [3.05, 3.63) is 48.7 Å². The van der Waals surface area contributed by atoms with Crippen molar-refractivity contribution >= 4 is 11.6 Å². The maximum Gasteiger partial charge on any atom is 0.253 e. The van der Waals surface area contributed by atoms with Crippen molar-refractivity contribution < 1.29 is 14.3 Å². The van der Waals surface area contributed by atoms with Crippen LogP contribution in [0.1, 0.15) is 12.8 Å². The van der Waals surface area contributed by atoms with Crippen LogP contribution in [0.2, 0.25) is 0 Å². The fourth-order valence-electron chi connectivity index (χ4n) is 2.16. The van der Waals surface area contributed by atoms with Crippen molar-refractivity contribution in [2.75, 3.05) is 11.9 Å². The van der Waals surface area contributed by atoms with E-state index in [1.54, 1.807) is 18.3 Å². The second-order valence-electron chi connectivity index (χ2n) is 4.79. The Kier molecular flexibility index (Phi) is 4.12. The van der Waals surface area contributed by atoms with Crippen LogP contribution in [0.5, 0.6) is 11.6 Å². The number of ether oxygens (including phenoxy) is 2. The van der Waals surface area contributed by atoms with E-state index in [4.69, 9.17) is 9.47 Å². The van der Waals surface area contributed by atoms with Gasteiger partial charge in [0.15, 0.2) is 0 Å². The van der Waals surface area contributed by atoms with E-state index in [0.29, 0.717) is 23.9 Å². The molecule has 2 aromatic rings. The number of nitrogens with one attached hydrogen (secondary N) is 1. The van der Waals surface area contributed by atoms with Crippen LogP contribution in [-0.2, 0) is 9.53 Å². The maximum absolute atomic E-state index is 12.0. The molecule has 1 aliphatic heterocycles. The molecule has 108 valence electrons. The smallest absolute Gasteiger partial charge is 0.253 e. The van der Waals surface area contributed by atoms with E-state index in [1.807, 2.05) is 30.3 Å². The Morgan fingerprint density at radius 2 is 2.14 bits per heavy atom. The Morgan fingerprint density at radius 1 is 1.29 bits per heavy atom. The third kappa shape index (κ3) is 3.58. The standard InChI is InChI=1S/C16H16N2O3/c19-16(14-7-4-10-20-14)18-12-8-9-17-15(11-12)21-13-5-2-1-3-6-13/h1-3,5-6,8-9,11,14H,4,7,10H2,(H,17,18,19)/t14-/m0/s1. The SMILES string of the molecule is O=C(Nc1ccnc(Oc2ccccc2)c1)[C@@H]1CCCO1. The predicted molar refractivity (Wildman–Crippen MR) is 78.4 cm³/mol. The number of anilines is 1. The summed E-state index contributed by atoms with van der Waals surface area (Å²) in [7, 11) is 0. The molecule has 1 aromatic carbocycles. The zero-order chi connectivity index (χ0) is 14.5. The van der Waals surface area contributed by atoms with Crippen LogP contribution in [0.4, 0.5) is 5.69 Å². The van der Waals surface area contributed by atoms with E-state index in [9.17, 15) is 4.79 Å². The number of hydrogen-bond acceptors (Lipinski definition) is 4. The zero-order valence-corrected chi connectivity index (χ0v) is 11.5. The van der Waals surface area contributed by atoms with Crippen LogP contribution in [0.15, 0.2) is 48.7 Å². The fourth-order valence-corrected chi connectivity index (χ4v) is 2.16. The van der Waals surface area contributed by atoms with Gasteiger partial charge >= 0.3 is 0 Å². The highest BCUT2D eigenvalue weighted by Crippen LogP contribution is 2.22. The van der Waals surface area contributed by atoms with Crippen molar-refractivity contribution in [2.45, 2.75) is 18.9 Å². The van der Waals surface area contributed by atoms with Gasteiger partial charge in [-0.3, -0.25) is 4.79 Å². The number of carbonyl (C=O) groups excluding carboxylic acids is 1. The number of rotatable bonds is 4. The van der Waals surface area contributed by atoms with Gasteiger partial charge in [-0.2, -0.15) is 0 Å². The van der Waals surface area contributed by atoms with Gasteiger partial charge in [-0.15, -0.1) is 0 Å². The van der Waals surface area contributed by atoms with Gasteiger partial charge < -0.3 is 14.8 Å². The maximum atomic E-state index is 12.0. The lowest BCUT2D eigenvalue weighted by Gasteiger charge is -2.11. The number of benzene rings is 1. The van der Waals surface area contributed by atoms with Crippen LogP contribution >= 0.6 is 0 Å². The van der Waals surface area contributed by atoms with Crippen LogP contribution in [0, 0.1) is 0 Å². The highest BCUT2D eigenvalue weighted by atomic mass is 16.5. The summed E-state index contributed by atoms with van der Waals surface area (Å²) in [6.07, 6.45) is 2.95. The molecule has 2 heterocycles. The summed E-state index contributed by atoms with van der Waals surface area (Å²) in [6, 6.07) is 12.8. The van der Waals surface area contributed by atoms with Crippen LogP contribution in [0.25, 0.3) is 0 Å². The number of nitrogens with zero attached hydrogens (tertiary/aromatic N) is 1. The van der Waals surface area contributed by atoms with Crippen molar-refractivity contribution in [3.8, 4) is 11.6 Å². The number of carbonyl (C=O) groups is 1.